The molecule has 0 radical (unpaired) electrons. The van der Waals surface area contributed by atoms with Gasteiger partial charge >= 0.3 is 0 Å². The highest BCUT2D eigenvalue weighted by Gasteiger charge is 2.05. The minimum atomic E-state index is -0.491. The minimum Gasteiger partial charge on any atom is -0.473 e. The maximum atomic E-state index is 13.5. The van der Waals surface area contributed by atoms with Crippen LogP contribution in [0.5, 0.6) is 5.88 Å². The van der Waals surface area contributed by atoms with Crippen molar-refractivity contribution >= 4 is 11.6 Å². The number of hydrogen-bond donors (Lipinski definition) is 0. The summed E-state index contributed by atoms with van der Waals surface area (Å²) >= 11 is 5.59. The molecule has 4 nitrogen and oxygen atoms in total. The molecule has 0 fully saturated rings. The van der Waals surface area contributed by atoms with Gasteiger partial charge < -0.3 is 4.74 Å². The Morgan fingerprint density at radius 2 is 2.22 bits per heavy atom. The van der Waals surface area contributed by atoms with Gasteiger partial charge in [0.05, 0.1) is 11.6 Å². The Hall–Kier alpha value is -2.19. The van der Waals surface area contributed by atoms with E-state index in [1.807, 2.05) is 6.07 Å². The van der Waals surface area contributed by atoms with E-state index in [1.165, 1.54) is 24.4 Å². The van der Waals surface area contributed by atoms with Crippen molar-refractivity contribution in [1.82, 2.24) is 9.97 Å². The molecular formula is C12H7ClFN3O. The molecule has 0 aliphatic rings. The molecule has 2 aromatic rings. The van der Waals surface area contributed by atoms with E-state index in [1.54, 1.807) is 0 Å². The second-order valence-electron chi connectivity index (χ2n) is 3.37. The Morgan fingerprint density at radius 1 is 1.39 bits per heavy atom. The summed E-state index contributed by atoms with van der Waals surface area (Å²) in [6.07, 6.45) is 1.44. The molecule has 0 unspecified atom stereocenters. The number of nitrogens with zero attached hydrogens (tertiary/aromatic N) is 3. The molecule has 0 saturated carbocycles. The lowest BCUT2D eigenvalue weighted by atomic mass is 10.1. The molecule has 0 atom stereocenters. The van der Waals surface area contributed by atoms with E-state index in [0.717, 1.165) is 6.07 Å². The predicted molar refractivity (Wildman–Crippen MR) is 62.5 cm³/mol. The third-order valence-electron chi connectivity index (χ3n) is 2.16. The molecule has 0 amide bonds. The van der Waals surface area contributed by atoms with Gasteiger partial charge in [0.15, 0.2) is 0 Å². The molecule has 0 aliphatic carbocycles. The molecule has 90 valence electrons. The highest BCUT2D eigenvalue weighted by Crippen LogP contribution is 2.14. The first-order chi connectivity index (χ1) is 8.69. The summed E-state index contributed by atoms with van der Waals surface area (Å²) in [6, 6.07) is 7.56. The van der Waals surface area contributed by atoms with Crippen molar-refractivity contribution in [3.63, 3.8) is 0 Å². The third kappa shape index (κ3) is 2.93. The summed E-state index contributed by atoms with van der Waals surface area (Å²) in [6.45, 7) is 0.00485. The first-order valence-corrected chi connectivity index (χ1v) is 5.36. The van der Waals surface area contributed by atoms with Crippen molar-refractivity contribution in [2.75, 3.05) is 0 Å². The Balaban J connectivity index is 2.09. The van der Waals surface area contributed by atoms with E-state index >= 15 is 0 Å². The van der Waals surface area contributed by atoms with Crippen LogP contribution in [0.3, 0.4) is 0 Å². The maximum absolute atomic E-state index is 13.5. The number of hydrogen-bond acceptors (Lipinski definition) is 4. The van der Waals surface area contributed by atoms with Gasteiger partial charge in [-0.3, -0.25) is 0 Å². The van der Waals surface area contributed by atoms with Crippen LogP contribution in [0, 0.1) is 17.1 Å². The van der Waals surface area contributed by atoms with Gasteiger partial charge in [0.2, 0.25) is 11.2 Å². The molecule has 0 saturated heterocycles. The monoisotopic (exact) mass is 263 g/mol. The Morgan fingerprint density at radius 3 is 2.89 bits per heavy atom. The number of halogens is 2. The minimum absolute atomic E-state index is 0.00485. The summed E-state index contributed by atoms with van der Waals surface area (Å²) < 4.78 is 18.8. The van der Waals surface area contributed by atoms with Gasteiger partial charge in [-0.1, -0.05) is 6.07 Å². The first kappa shape index (κ1) is 12.3. The molecule has 1 aromatic carbocycles. The fraction of sp³-hybridized carbons (Fsp3) is 0.0833. The normalized spacial score (nSPS) is 9.83. The maximum Gasteiger partial charge on any atom is 0.225 e. The fourth-order valence-electron chi connectivity index (χ4n) is 1.29. The van der Waals surface area contributed by atoms with Crippen molar-refractivity contribution in [3.8, 4) is 11.9 Å². The summed E-state index contributed by atoms with van der Waals surface area (Å²) in [5.74, 6) is -0.229. The smallest absolute Gasteiger partial charge is 0.225 e. The van der Waals surface area contributed by atoms with Crippen LogP contribution in [0.4, 0.5) is 4.39 Å². The fourth-order valence-corrected chi connectivity index (χ4v) is 1.43. The molecule has 6 heteroatoms. The molecule has 2 rings (SSSR count). The lowest BCUT2D eigenvalue weighted by Crippen LogP contribution is -2.00. The predicted octanol–water partition coefficient (Wildman–Crippen LogP) is 2.72. The van der Waals surface area contributed by atoms with Gasteiger partial charge in [-0.2, -0.15) is 10.2 Å². The van der Waals surface area contributed by atoms with E-state index in [4.69, 9.17) is 21.6 Å². The first-order valence-electron chi connectivity index (χ1n) is 4.99. The molecule has 0 aliphatic heterocycles. The van der Waals surface area contributed by atoms with Gasteiger partial charge in [0.25, 0.3) is 0 Å². The van der Waals surface area contributed by atoms with Crippen molar-refractivity contribution in [3.05, 3.63) is 52.7 Å². The second kappa shape index (κ2) is 5.43. The van der Waals surface area contributed by atoms with Crippen LogP contribution >= 0.6 is 11.6 Å². The zero-order chi connectivity index (χ0) is 13.0. The molecule has 1 heterocycles. The summed E-state index contributed by atoms with van der Waals surface area (Å²) in [4.78, 5) is 7.51. The molecule has 1 aromatic heterocycles. The average molecular weight is 264 g/mol. The van der Waals surface area contributed by atoms with Crippen molar-refractivity contribution in [2.24, 2.45) is 0 Å². The molecular weight excluding hydrogens is 257 g/mol. The largest absolute Gasteiger partial charge is 0.473 e. The highest BCUT2D eigenvalue weighted by atomic mass is 35.5. The lowest BCUT2D eigenvalue weighted by molar-refractivity contribution is 0.287. The van der Waals surface area contributed by atoms with Gasteiger partial charge in [0, 0.05) is 17.8 Å². The Kier molecular flexibility index (Phi) is 3.70. The van der Waals surface area contributed by atoms with Crippen LogP contribution in [0.15, 0.2) is 30.5 Å². The van der Waals surface area contributed by atoms with Crippen molar-refractivity contribution in [2.45, 2.75) is 6.61 Å². The standard InChI is InChI=1S/C12H7ClFN3O/c13-12-16-4-3-11(17-12)18-7-9-2-1-8(6-15)5-10(9)14/h1-5H,7H2. The number of benzene rings is 1. The second-order valence-corrected chi connectivity index (χ2v) is 3.71. The third-order valence-corrected chi connectivity index (χ3v) is 2.34. The SMILES string of the molecule is N#Cc1ccc(COc2ccnc(Cl)n2)c(F)c1. The number of nitriles is 1. The van der Waals surface area contributed by atoms with Crippen molar-refractivity contribution in [1.29, 1.82) is 5.26 Å². The number of ether oxygens (including phenoxy) is 1. The van der Waals surface area contributed by atoms with Crippen LogP contribution in [-0.2, 0) is 6.61 Å². The van der Waals surface area contributed by atoms with Crippen LogP contribution in [0.2, 0.25) is 5.28 Å². The van der Waals surface area contributed by atoms with Gasteiger partial charge in [0.1, 0.15) is 12.4 Å². The topological polar surface area (TPSA) is 58.8 Å². The van der Waals surface area contributed by atoms with Gasteiger partial charge in [-0.15, -0.1) is 0 Å². The van der Waals surface area contributed by atoms with Gasteiger partial charge in [-0.05, 0) is 23.7 Å². The zero-order valence-electron chi connectivity index (χ0n) is 9.10. The van der Waals surface area contributed by atoms with Crippen LogP contribution in [0.25, 0.3) is 0 Å². The van der Waals surface area contributed by atoms with Gasteiger partial charge in [-0.25, -0.2) is 9.37 Å². The summed E-state index contributed by atoms with van der Waals surface area (Å²) in [5, 5.41) is 8.67. The zero-order valence-corrected chi connectivity index (χ0v) is 9.86. The molecule has 0 spiro atoms. The Bertz CT molecular complexity index is 613. The lowest BCUT2D eigenvalue weighted by Gasteiger charge is -2.06. The van der Waals surface area contributed by atoms with Crippen LogP contribution in [0.1, 0.15) is 11.1 Å². The van der Waals surface area contributed by atoms with E-state index in [-0.39, 0.29) is 23.3 Å². The Labute approximate surface area is 108 Å². The van der Waals surface area contributed by atoms with E-state index in [2.05, 4.69) is 9.97 Å². The summed E-state index contributed by atoms with van der Waals surface area (Å²) in [5.41, 5.74) is 0.602. The molecule has 0 bridgehead atoms. The van der Waals surface area contributed by atoms with E-state index < -0.39 is 5.82 Å². The van der Waals surface area contributed by atoms with E-state index in [0.29, 0.717) is 5.56 Å². The average Bonchev–Trinajstić information content (AvgIpc) is 2.37. The summed E-state index contributed by atoms with van der Waals surface area (Å²) in [7, 11) is 0. The van der Waals surface area contributed by atoms with Crippen molar-refractivity contribution < 1.29 is 9.13 Å². The quantitative estimate of drug-likeness (QED) is 0.799. The van der Waals surface area contributed by atoms with E-state index in [9.17, 15) is 4.39 Å². The van der Waals surface area contributed by atoms with Crippen LogP contribution in [-0.4, -0.2) is 9.97 Å². The number of rotatable bonds is 3. The molecule has 0 N–H and O–H groups in total. The van der Waals surface area contributed by atoms with Crippen LogP contribution < -0.4 is 4.74 Å². The molecule has 18 heavy (non-hydrogen) atoms. The highest BCUT2D eigenvalue weighted by molar-refractivity contribution is 6.28. The number of aromatic nitrogens is 2.